The van der Waals surface area contributed by atoms with Gasteiger partial charge in [-0.2, -0.15) is 18.2 Å². The molecular weight excluding hydrogens is 483 g/mol. The van der Waals surface area contributed by atoms with Gasteiger partial charge >= 0.3 is 12.1 Å². The van der Waals surface area contributed by atoms with E-state index in [1.165, 1.54) is 38.9 Å². The van der Waals surface area contributed by atoms with Crippen LogP contribution in [0.1, 0.15) is 43.9 Å². The average Bonchev–Trinajstić information content (AvgIpc) is 2.79. The number of aryl methyl sites for hydroxylation is 2. The molecule has 3 rings (SSSR count). The van der Waals surface area contributed by atoms with Crippen molar-refractivity contribution in [3.05, 3.63) is 40.5 Å². The summed E-state index contributed by atoms with van der Waals surface area (Å²) in [6.07, 6.45) is 0.161. The molecule has 2 N–H and O–H groups in total. The van der Waals surface area contributed by atoms with Crippen molar-refractivity contribution in [3.63, 3.8) is 0 Å². The minimum Gasteiger partial charge on any atom is -0.475 e. The Morgan fingerprint density at radius 3 is 2.43 bits per heavy atom. The quantitative estimate of drug-likeness (QED) is 0.458. The van der Waals surface area contributed by atoms with Crippen molar-refractivity contribution >= 4 is 35.0 Å². The molecule has 0 atom stereocenters. The molecule has 194 valence electrons. The first kappa shape index (κ1) is 28.6. The van der Waals surface area contributed by atoms with Gasteiger partial charge < -0.3 is 20.2 Å². The predicted octanol–water partition coefficient (Wildman–Crippen LogP) is 5.83. The Kier molecular flexibility index (Phi) is 11.0. The van der Waals surface area contributed by atoms with Crippen LogP contribution in [0.4, 0.5) is 30.6 Å². The number of aromatic nitrogens is 2. The van der Waals surface area contributed by atoms with Gasteiger partial charge in [0.25, 0.3) is 0 Å². The summed E-state index contributed by atoms with van der Waals surface area (Å²) in [5, 5.41) is 11.2. The third-order valence-electron chi connectivity index (χ3n) is 5.59. The van der Waals surface area contributed by atoms with E-state index in [4.69, 9.17) is 26.5 Å². The van der Waals surface area contributed by atoms with Crippen molar-refractivity contribution in [1.29, 1.82) is 0 Å². The van der Waals surface area contributed by atoms with E-state index in [-0.39, 0.29) is 0 Å². The Morgan fingerprint density at radius 1 is 1.17 bits per heavy atom. The summed E-state index contributed by atoms with van der Waals surface area (Å²) < 4.78 is 31.7. The molecule has 1 aromatic heterocycles. The number of carboxylic acid groups (broad SMARTS) is 1. The third-order valence-corrected chi connectivity index (χ3v) is 5.82. The number of rotatable bonds is 8. The fourth-order valence-electron chi connectivity index (χ4n) is 3.72. The standard InChI is InChI=1S/C22H32ClN5.C2HF3O2/c1-4-28(14-8-13-27-11-6-5-7-12-27)21-15-18(3)24-22(26-21)25-20-16-19(23)10-9-17(20)2;3-2(4,5)1(6)7/h9-10,15-16H,4-8,11-14H2,1-3H3,(H,24,25,26);(H,6,7). The van der Waals surface area contributed by atoms with Gasteiger partial charge in [0.2, 0.25) is 5.95 Å². The lowest BCUT2D eigenvalue weighted by Gasteiger charge is -2.28. The highest BCUT2D eigenvalue weighted by Gasteiger charge is 2.38. The van der Waals surface area contributed by atoms with Crippen molar-refractivity contribution in [2.24, 2.45) is 0 Å². The third kappa shape index (κ3) is 9.89. The van der Waals surface area contributed by atoms with E-state index in [1.807, 2.05) is 32.0 Å². The molecular formula is C24H33ClF3N5O2. The molecule has 0 unspecified atom stereocenters. The van der Waals surface area contributed by atoms with Gasteiger partial charge in [-0.05, 0) is 77.4 Å². The number of likely N-dealkylation sites (tertiary alicyclic amines) is 1. The lowest BCUT2D eigenvalue weighted by molar-refractivity contribution is -0.192. The largest absolute Gasteiger partial charge is 0.490 e. The highest BCUT2D eigenvalue weighted by molar-refractivity contribution is 6.30. The lowest BCUT2D eigenvalue weighted by Crippen LogP contribution is -2.33. The molecule has 1 aliphatic rings. The Hall–Kier alpha value is -2.59. The minimum atomic E-state index is -5.08. The molecule has 1 aliphatic heterocycles. The molecule has 0 saturated carbocycles. The van der Waals surface area contributed by atoms with E-state index in [9.17, 15) is 13.2 Å². The van der Waals surface area contributed by atoms with E-state index in [1.54, 1.807) is 0 Å². The van der Waals surface area contributed by atoms with E-state index in [0.717, 1.165) is 42.3 Å². The molecule has 1 fully saturated rings. The first-order valence-corrected chi connectivity index (χ1v) is 12.0. The molecule has 7 nitrogen and oxygen atoms in total. The first-order valence-electron chi connectivity index (χ1n) is 11.7. The summed E-state index contributed by atoms with van der Waals surface area (Å²) in [6.45, 7) is 11.9. The number of carbonyl (C=O) groups is 1. The van der Waals surface area contributed by atoms with Crippen LogP contribution < -0.4 is 10.2 Å². The summed E-state index contributed by atoms with van der Waals surface area (Å²) in [6, 6.07) is 7.88. The van der Waals surface area contributed by atoms with Crippen molar-refractivity contribution in [2.75, 3.05) is 42.9 Å². The summed E-state index contributed by atoms with van der Waals surface area (Å²) >= 11 is 6.15. The van der Waals surface area contributed by atoms with Crippen LogP contribution >= 0.6 is 11.6 Å². The summed E-state index contributed by atoms with van der Waals surface area (Å²) in [5.74, 6) is -1.15. The van der Waals surface area contributed by atoms with Crippen LogP contribution in [0.15, 0.2) is 24.3 Å². The zero-order valence-corrected chi connectivity index (χ0v) is 21.1. The molecule has 0 aliphatic carbocycles. The molecule has 11 heteroatoms. The second-order valence-electron chi connectivity index (χ2n) is 8.41. The van der Waals surface area contributed by atoms with E-state index >= 15 is 0 Å². The predicted molar refractivity (Wildman–Crippen MR) is 133 cm³/mol. The number of alkyl halides is 3. The topological polar surface area (TPSA) is 81.6 Å². The highest BCUT2D eigenvalue weighted by Crippen LogP contribution is 2.24. The zero-order valence-electron chi connectivity index (χ0n) is 20.3. The van der Waals surface area contributed by atoms with Crippen LogP contribution in [0.5, 0.6) is 0 Å². The molecule has 2 heterocycles. The number of nitrogens with one attached hydrogen (secondary N) is 1. The van der Waals surface area contributed by atoms with Crippen LogP contribution in [0.25, 0.3) is 0 Å². The van der Waals surface area contributed by atoms with Crippen LogP contribution in [0.3, 0.4) is 0 Å². The van der Waals surface area contributed by atoms with Gasteiger partial charge in [-0.25, -0.2) is 9.78 Å². The van der Waals surface area contributed by atoms with E-state index < -0.39 is 12.1 Å². The van der Waals surface area contributed by atoms with Crippen molar-refractivity contribution in [1.82, 2.24) is 14.9 Å². The van der Waals surface area contributed by atoms with Crippen LogP contribution in [-0.2, 0) is 4.79 Å². The van der Waals surface area contributed by atoms with Gasteiger partial charge in [0.1, 0.15) is 5.82 Å². The maximum atomic E-state index is 10.6. The number of hydrogen-bond donors (Lipinski definition) is 2. The average molecular weight is 516 g/mol. The minimum absolute atomic E-state index is 0.620. The molecule has 1 saturated heterocycles. The van der Waals surface area contributed by atoms with E-state index in [0.29, 0.717) is 11.0 Å². The fraction of sp³-hybridized carbons (Fsp3) is 0.542. The molecule has 0 amide bonds. The number of benzene rings is 1. The number of nitrogens with zero attached hydrogens (tertiary/aromatic N) is 4. The number of halogens is 4. The molecule has 2 aromatic rings. The Bertz CT molecular complexity index is 969. The van der Waals surface area contributed by atoms with Crippen molar-refractivity contribution in [3.8, 4) is 0 Å². The van der Waals surface area contributed by atoms with Gasteiger partial charge in [0.15, 0.2) is 0 Å². The van der Waals surface area contributed by atoms with Crippen LogP contribution in [0, 0.1) is 13.8 Å². The molecule has 0 bridgehead atoms. The van der Waals surface area contributed by atoms with Gasteiger partial charge in [-0.3, -0.25) is 0 Å². The number of hydrogen-bond acceptors (Lipinski definition) is 6. The summed E-state index contributed by atoms with van der Waals surface area (Å²) in [4.78, 5) is 23.2. The molecule has 1 aromatic carbocycles. The van der Waals surface area contributed by atoms with Crippen LogP contribution in [0.2, 0.25) is 5.02 Å². The first-order chi connectivity index (χ1) is 16.5. The van der Waals surface area contributed by atoms with Crippen molar-refractivity contribution < 1.29 is 23.1 Å². The number of anilines is 3. The molecule has 35 heavy (non-hydrogen) atoms. The van der Waals surface area contributed by atoms with Gasteiger partial charge in [0.05, 0.1) is 0 Å². The lowest BCUT2D eigenvalue weighted by atomic mass is 10.1. The monoisotopic (exact) mass is 515 g/mol. The number of aliphatic carboxylic acids is 1. The Morgan fingerprint density at radius 2 is 1.83 bits per heavy atom. The highest BCUT2D eigenvalue weighted by atomic mass is 35.5. The van der Waals surface area contributed by atoms with Gasteiger partial charge in [-0.15, -0.1) is 0 Å². The normalized spacial score (nSPS) is 14.1. The SMILES string of the molecule is CCN(CCCN1CCCCC1)c1cc(C)nc(Nc2cc(Cl)ccc2C)n1.O=C(O)C(F)(F)F. The maximum absolute atomic E-state index is 10.6. The Balaban J connectivity index is 0.000000540. The maximum Gasteiger partial charge on any atom is 0.490 e. The second-order valence-corrected chi connectivity index (χ2v) is 8.85. The smallest absolute Gasteiger partial charge is 0.475 e. The molecule has 0 radical (unpaired) electrons. The molecule has 0 spiro atoms. The zero-order chi connectivity index (χ0) is 26.0. The van der Waals surface area contributed by atoms with Crippen molar-refractivity contribution in [2.45, 2.75) is 52.6 Å². The summed E-state index contributed by atoms with van der Waals surface area (Å²) in [5.41, 5.74) is 3.02. The van der Waals surface area contributed by atoms with Gasteiger partial charge in [0, 0.05) is 35.6 Å². The van der Waals surface area contributed by atoms with Crippen LogP contribution in [-0.4, -0.2) is 64.8 Å². The van der Waals surface area contributed by atoms with Gasteiger partial charge in [-0.1, -0.05) is 24.1 Å². The number of carboxylic acids is 1. The fourth-order valence-corrected chi connectivity index (χ4v) is 3.89. The summed E-state index contributed by atoms with van der Waals surface area (Å²) in [7, 11) is 0. The number of piperidine rings is 1. The Labute approximate surface area is 209 Å². The van der Waals surface area contributed by atoms with E-state index in [2.05, 4.69) is 33.1 Å². The second kappa shape index (κ2) is 13.5.